The van der Waals surface area contributed by atoms with E-state index in [-0.39, 0.29) is 5.91 Å². The molecule has 5 heteroatoms. The molecule has 1 amide bonds. The highest BCUT2D eigenvalue weighted by Crippen LogP contribution is 2.13. The summed E-state index contributed by atoms with van der Waals surface area (Å²) in [6, 6.07) is 3.93. The molecule has 0 radical (unpaired) electrons. The molecule has 2 aromatic rings. The number of aryl methyl sites for hydroxylation is 2. The van der Waals surface area contributed by atoms with Crippen LogP contribution in [0.5, 0.6) is 0 Å². The predicted molar refractivity (Wildman–Crippen MR) is 75.4 cm³/mol. The molecule has 0 fully saturated rings. The van der Waals surface area contributed by atoms with Gasteiger partial charge in [-0.25, -0.2) is 4.98 Å². The highest BCUT2D eigenvalue weighted by molar-refractivity contribution is 7.98. The second-order valence-corrected chi connectivity index (χ2v) is 5.21. The second kappa shape index (κ2) is 5.44. The van der Waals surface area contributed by atoms with Gasteiger partial charge in [0.25, 0.3) is 5.91 Å². The van der Waals surface area contributed by atoms with Crippen LogP contribution in [0.2, 0.25) is 0 Å². The first-order valence-electron chi connectivity index (χ1n) is 5.86. The Morgan fingerprint density at radius 3 is 2.94 bits per heavy atom. The number of aromatic nitrogens is 2. The fourth-order valence-electron chi connectivity index (χ4n) is 1.89. The van der Waals surface area contributed by atoms with E-state index in [1.807, 2.05) is 42.8 Å². The van der Waals surface area contributed by atoms with Crippen LogP contribution in [0.25, 0.3) is 5.65 Å². The molecule has 0 bridgehead atoms. The third-order valence-corrected chi connectivity index (χ3v) is 3.36. The zero-order valence-corrected chi connectivity index (χ0v) is 11.7. The average Bonchev–Trinajstić information content (AvgIpc) is 2.64. The molecule has 96 valence electrons. The van der Waals surface area contributed by atoms with Gasteiger partial charge >= 0.3 is 0 Å². The normalized spacial score (nSPS) is 10.8. The molecule has 18 heavy (non-hydrogen) atoms. The summed E-state index contributed by atoms with van der Waals surface area (Å²) in [5, 5.41) is 2.92. The Hall–Kier alpha value is -1.49. The van der Waals surface area contributed by atoms with Crippen LogP contribution in [-0.4, -0.2) is 33.8 Å². The molecule has 2 heterocycles. The molecule has 0 saturated carbocycles. The number of hydrogen-bond acceptors (Lipinski definition) is 3. The summed E-state index contributed by atoms with van der Waals surface area (Å²) in [7, 11) is 0. The molecule has 0 unspecified atom stereocenters. The van der Waals surface area contributed by atoms with E-state index < -0.39 is 0 Å². The van der Waals surface area contributed by atoms with E-state index in [9.17, 15) is 4.79 Å². The van der Waals surface area contributed by atoms with Gasteiger partial charge in [-0.1, -0.05) is 6.07 Å². The van der Waals surface area contributed by atoms with Crippen molar-refractivity contribution in [1.82, 2.24) is 14.7 Å². The van der Waals surface area contributed by atoms with Gasteiger partial charge < -0.3 is 5.32 Å². The molecule has 2 rings (SSSR count). The number of fused-ring (bicyclic) bond motifs is 1. The molecule has 0 aliphatic heterocycles. The van der Waals surface area contributed by atoms with Crippen molar-refractivity contribution in [2.45, 2.75) is 13.8 Å². The van der Waals surface area contributed by atoms with Crippen molar-refractivity contribution in [2.75, 3.05) is 18.6 Å². The Balaban J connectivity index is 2.34. The van der Waals surface area contributed by atoms with E-state index in [0.717, 1.165) is 22.7 Å². The predicted octanol–water partition coefficient (Wildman–Crippen LogP) is 2.04. The van der Waals surface area contributed by atoms with Gasteiger partial charge in [-0.15, -0.1) is 0 Å². The molecule has 0 aliphatic rings. The maximum Gasteiger partial charge on any atom is 0.270 e. The number of amides is 1. The van der Waals surface area contributed by atoms with Gasteiger partial charge in [0, 0.05) is 18.5 Å². The van der Waals surface area contributed by atoms with E-state index >= 15 is 0 Å². The molecule has 0 aliphatic carbocycles. The fourth-order valence-corrected chi connectivity index (χ4v) is 2.20. The van der Waals surface area contributed by atoms with Crippen LogP contribution >= 0.6 is 11.8 Å². The van der Waals surface area contributed by atoms with Crippen LogP contribution in [0.15, 0.2) is 18.3 Å². The van der Waals surface area contributed by atoms with Crippen LogP contribution in [0, 0.1) is 13.8 Å². The van der Waals surface area contributed by atoms with E-state index in [2.05, 4.69) is 10.3 Å². The number of nitrogens with one attached hydrogen (secondary N) is 1. The summed E-state index contributed by atoms with van der Waals surface area (Å²) in [6.45, 7) is 4.55. The maximum absolute atomic E-state index is 12.1. The molecule has 0 saturated heterocycles. The highest BCUT2D eigenvalue weighted by Gasteiger charge is 2.15. The lowest BCUT2D eigenvalue weighted by Gasteiger charge is -2.05. The van der Waals surface area contributed by atoms with Crippen LogP contribution in [0.3, 0.4) is 0 Å². The summed E-state index contributed by atoms with van der Waals surface area (Å²) < 4.78 is 1.86. The average molecular weight is 263 g/mol. The van der Waals surface area contributed by atoms with Gasteiger partial charge in [0.2, 0.25) is 0 Å². The first kappa shape index (κ1) is 13.0. The summed E-state index contributed by atoms with van der Waals surface area (Å²) in [4.78, 5) is 16.5. The van der Waals surface area contributed by atoms with Gasteiger partial charge in [-0.2, -0.15) is 11.8 Å². The Labute approximate surface area is 111 Å². The molecule has 0 spiro atoms. The summed E-state index contributed by atoms with van der Waals surface area (Å²) in [6.07, 6.45) is 3.97. The number of nitrogens with zero attached hydrogens (tertiary/aromatic N) is 2. The minimum Gasteiger partial charge on any atom is -0.350 e. The lowest BCUT2D eigenvalue weighted by Crippen LogP contribution is -2.27. The minimum absolute atomic E-state index is 0.0559. The molecular formula is C13H17N3OS. The Morgan fingerprint density at radius 1 is 1.44 bits per heavy atom. The molecule has 4 nitrogen and oxygen atoms in total. The third kappa shape index (κ3) is 2.51. The summed E-state index contributed by atoms with van der Waals surface area (Å²) in [5.41, 5.74) is 3.32. The first-order valence-corrected chi connectivity index (χ1v) is 7.25. The number of rotatable bonds is 4. The smallest absolute Gasteiger partial charge is 0.270 e. The van der Waals surface area contributed by atoms with Gasteiger partial charge in [0.1, 0.15) is 11.3 Å². The monoisotopic (exact) mass is 263 g/mol. The number of hydrogen-bond donors (Lipinski definition) is 1. The van der Waals surface area contributed by atoms with Gasteiger partial charge in [0.05, 0.1) is 5.69 Å². The van der Waals surface area contributed by atoms with Crippen LogP contribution in [0.1, 0.15) is 21.7 Å². The fraction of sp³-hybridized carbons (Fsp3) is 0.385. The zero-order valence-electron chi connectivity index (χ0n) is 10.9. The van der Waals surface area contributed by atoms with Crippen molar-refractivity contribution in [2.24, 2.45) is 0 Å². The molecular weight excluding hydrogens is 246 g/mol. The molecule has 2 aromatic heterocycles. The van der Waals surface area contributed by atoms with Crippen molar-refractivity contribution in [3.8, 4) is 0 Å². The lowest BCUT2D eigenvalue weighted by molar-refractivity contribution is 0.0949. The van der Waals surface area contributed by atoms with E-state index in [4.69, 9.17) is 0 Å². The topological polar surface area (TPSA) is 46.4 Å². The van der Waals surface area contributed by atoms with Crippen molar-refractivity contribution in [3.63, 3.8) is 0 Å². The molecule has 1 N–H and O–H groups in total. The van der Waals surface area contributed by atoms with Crippen molar-refractivity contribution >= 4 is 23.3 Å². The van der Waals surface area contributed by atoms with Gasteiger partial charge in [-0.3, -0.25) is 9.20 Å². The Bertz CT molecular complexity index is 577. The molecule has 0 atom stereocenters. The standard InChI is InChI=1S/C13H17N3OS/c1-9-4-5-11-15-10(2)12(16(11)8-9)13(17)14-6-7-18-3/h4-5,8H,6-7H2,1-3H3,(H,14,17). The van der Waals surface area contributed by atoms with Crippen molar-refractivity contribution in [3.05, 3.63) is 35.3 Å². The SMILES string of the molecule is CSCCNC(=O)c1c(C)nc2ccc(C)cn12. The maximum atomic E-state index is 12.1. The number of carbonyl (C=O) groups excluding carboxylic acids is 1. The lowest BCUT2D eigenvalue weighted by atomic mass is 10.3. The van der Waals surface area contributed by atoms with E-state index in [0.29, 0.717) is 12.2 Å². The highest BCUT2D eigenvalue weighted by atomic mass is 32.2. The van der Waals surface area contributed by atoms with Crippen molar-refractivity contribution in [1.29, 1.82) is 0 Å². The number of imidazole rings is 1. The quantitative estimate of drug-likeness (QED) is 0.859. The largest absolute Gasteiger partial charge is 0.350 e. The Morgan fingerprint density at radius 2 is 2.22 bits per heavy atom. The summed E-state index contributed by atoms with van der Waals surface area (Å²) >= 11 is 1.71. The molecule has 0 aromatic carbocycles. The van der Waals surface area contributed by atoms with E-state index in [1.165, 1.54) is 0 Å². The minimum atomic E-state index is -0.0559. The zero-order chi connectivity index (χ0) is 13.1. The third-order valence-electron chi connectivity index (χ3n) is 2.75. The number of thioether (sulfide) groups is 1. The number of pyridine rings is 1. The first-order chi connectivity index (χ1) is 8.63. The van der Waals surface area contributed by atoms with Crippen molar-refractivity contribution < 1.29 is 4.79 Å². The van der Waals surface area contributed by atoms with E-state index in [1.54, 1.807) is 11.8 Å². The van der Waals surface area contributed by atoms with Crippen LogP contribution in [-0.2, 0) is 0 Å². The summed E-state index contributed by atoms with van der Waals surface area (Å²) in [5.74, 6) is 0.861. The Kier molecular flexibility index (Phi) is 3.91. The second-order valence-electron chi connectivity index (χ2n) is 4.23. The van der Waals surface area contributed by atoms with Crippen LogP contribution < -0.4 is 5.32 Å². The van der Waals surface area contributed by atoms with Gasteiger partial charge in [-0.05, 0) is 31.7 Å². The van der Waals surface area contributed by atoms with Crippen LogP contribution in [0.4, 0.5) is 0 Å². The number of carbonyl (C=O) groups is 1. The van der Waals surface area contributed by atoms with Gasteiger partial charge in [0.15, 0.2) is 0 Å².